The summed E-state index contributed by atoms with van der Waals surface area (Å²) in [5.74, 6) is 0.901. The summed E-state index contributed by atoms with van der Waals surface area (Å²) in [4.78, 5) is 0. The number of fused-ring (bicyclic) bond motifs is 1. The molecule has 3 aromatic rings. The van der Waals surface area contributed by atoms with E-state index in [1.54, 1.807) is 6.07 Å². The molecule has 1 aliphatic carbocycles. The van der Waals surface area contributed by atoms with Crippen LogP contribution in [0.25, 0.3) is 10.8 Å². The van der Waals surface area contributed by atoms with Gasteiger partial charge in [-0.1, -0.05) is 59.6 Å². The van der Waals surface area contributed by atoms with Crippen molar-refractivity contribution in [3.63, 3.8) is 0 Å². The normalized spacial score (nSPS) is 13.5. The SMILES string of the molecule is Cl.Clc1ccc(COc2ccc3ccccc3c2CNC2CC2)c(Cl)c1. The van der Waals surface area contributed by atoms with Crippen LogP contribution >= 0.6 is 35.6 Å². The molecule has 1 saturated carbocycles. The number of hydrogen-bond acceptors (Lipinski definition) is 2. The van der Waals surface area contributed by atoms with Crippen LogP contribution in [0.4, 0.5) is 0 Å². The second kappa shape index (κ2) is 8.49. The van der Waals surface area contributed by atoms with Crippen molar-refractivity contribution in [3.8, 4) is 5.75 Å². The van der Waals surface area contributed by atoms with Crippen LogP contribution in [-0.4, -0.2) is 6.04 Å². The zero-order valence-corrected chi connectivity index (χ0v) is 16.5. The Balaban J connectivity index is 0.00000196. The molecule has 0 radical (unpaired) electrons. The Morgan fingerprint density at radius 3 is 2.58 bits per heavy atom. The van der Waals surface area contributed by atoms with Crippen molar-refractivity contribution in [1.29, 1.82) is 0 Å². The van der Waals surface area contributed by atoms with Crippen molar-refractivity contribution in [2.45, 2.75) is 32.0 Å². The molecule has 0 aliphatic heterocycles. The van der Waals surface area contributed by atoms with Crippen molar-refractivity contribution in [1.82, 2.24) is 5.32 Å². The zero-order valence-electron chi connectivity index (χ0n) is 14.2. The molecule has 3 aromatic carbocycles. The van der Waals surface area contributed by atoms with Gasteiger partial charge in [-0.05, 0) is 41.8 Å². The Morgan fingerprint density at radius 1 is 1.00 bits per heavy atom. The van der Waals surface area contributed by atoms with Crippen molar-refractivity contribution in [2.75, 3.05) is 0 Å². The maximum atomic E-state index is 6.26. The van der Waals surface area contributed by atoms with Crippen LogP contribution in [0.5, 0.6) is 5.75 Å². The van der Waals surface area contributed by atoms with E-state index in [2.05, 4.69) is 41.7 Å². The van der Waals surface area contributed by atoms with Crippen molar-refractivity contribution >= 4 is 46.4 Å². The Bertz CT molecular complexity index is 909. The average molecular weight is 409 g/mol. The Morgan fingerprint density at radius 2 is 1.81 bits per heavy atom. The van der Waals surface area contributed by atoms with Crippen molar-refractivity contribution in [3.05, 3.63) is 75.8 Å². The van der Waals surface area contributed by atoms with E-state index < -0.39 is 0 Å². The van der Waals surface area contributed by atoms with Gasteiger partial charge in [0.25, 0.3) is 0 Å². The highest BCUT2D eigenvalue weighted by Gasteiger charge is 2.21. The molecule has 0 bridgehead atoms. The molecule has 1 N–H and O–H groups in total. The van der Waals surface area contributed by atoms with Gasteiger partial charge in [-0.25, -0.2) is 0 Å². The predicted octanol–water partition coefficient (Wildman–Crippen LogP) is 6.40. The third-order valence-corrected chi connectivity index (χ3v) is 5.13. The first kappa shape index (κ1) is 19.3. The van der Waals surface area contributed by atoms with E-state index in [0.717, 1.165) is 17.9 Å². The first-order valence-corrected chi connectivity index (χ1v) is 9.27. The molecule has 26 heavy (non-hydrogen) atoms. The van der Waals surface area contributed by atoms with Gasteiger partial charge >= 0.3 is 0 Å². The standard InChI is InChI=1S/C21H19Cl2NO.ClH/c22-16-7-5-15(20(23)11-16)13-25-21-10-6-14-3-1-2-4-18(14)19(21)12-24-17-8-9-17;/h1-7,10-11,17,24H,8-9,12-13H2;1H. The molecule has 0 unspecified atom stereocenters. The minimum absolute atomic E-state index is 0. The third kappa shape index (κ3) is 4.44. The molecule has 4 rings (SSSR count). The molecule has 2 nitrogen and oxygen atoms in total. The predicted molar refractivity (Wildman–Crippen MR) is 112 cm³/mol. The summed E-state index contributed by atoms with van der Waals surface area (Å²) in [5, 5.41) is 7.32. The van der Waals surface area contributed by atoms with E-state index in [1.165, 1.54) is 29.2 Å². The summed E-state index contributed by atoms with van der Waals surface area (Å²) in [6, 6.07) is 18.7. The van der Waals surface area contributed by atoms with Crippen LogP contribution in [0.2, 0.25) is 10.0 Å². The lowest BCUT2D eigenvalue weighted by molar-refractivity contribution is 0.303. The lowest BCUT2D eigenvalue weighted by Gasteiger charge is -2.15. The molecule has 0 saturated heterocycles. The number of rotatable bonds is 6. The van der Waals surface area contributed by atoms with Gasteiger partial charge in [-0.3, -0.25) is 0 Å². The maximum absolute atomic E-state index is 6.26. The third-order valence-electron chi connectivity index (χ3n) is 4.54. The molecule has 0 spiro atoms. The van der Waals surface area contributed by atoms with E-state index in [0.29, 0.717) is 22.7 Å². The van der Waals surface area contributed by atoms with Crippen LogP contribution in [-0.2, 0) is 13.2 Å². The molecule has 5 heteroatoms. The smallest absolute Gasteiger partial charge is 0.124 e. The molecule has 0 heterocycles. The molecular formula is C21H20Cl3NO. The summed E-state index contributed by atoms with van der Waals surface area (Å²) in [6.45, 7) is 1.24. The first-order valence-electron chi connectivity index (χ1n) is 8.51. The molecule has 0 aromatic heterocycles. The van der Waals surface area contributed by atoms with Crippen LogP contribution in [0, 0.1) is 0 Å². The van der Waals surface area contributed by atoms with Gasteiger partial charge in [0.05, 0.1) is 0 Å². The largest absolute Gasteiger partial charge is 0.488 e. The van der Waals surface area contributed by atoms with E-state index in [-0.39, 0.29) is 12.4 Å². The van der Waals surface area contributed by atoms with Crippen LogP contribution < -0.4 is 10.1 Å². The lowest BCUT2D eigenvalue weighted by atomic mass is 10.0. The molecule has 0 atom stereocenters. The van der Waals surface area contributed by atoms with E-state index >= 15 is 0 Å². The molecule has 136 valence electrons. The number of benzene rings is 3. The minimum atomic E-state index is 0. The summed E-state index contributed by atoms with van der Waals surface area (Å²) >= 11 is 12.2. The highest BCUT2D eigenvalue weighted by Crippen LogP contribution is 2.31. The summed E-state index contributed by atoms with van der Waals surface area (Å²) in [5.41, 5.74) is 2.13. The summed E-state index contributed by atoms with van der Waals surface area (Å²) in [6.07, 6.45) is 2.53. The number of hydrogen-bond donors (Lipinski definition) is 1. The first-order chi connectivity index (χ1) is 12.2. The van der Waals surface area contributed by atoms with Crippen LogP contribution in [0.1, 0.15) is 24.0 Å². The van der Waals surface area contributed by atoms with Gasteiger partial charge in [0.1, 0.15) is 12.4 Å². The van der Waals surface area contributed by atoms with E-state index in [4.69, 9.17) is 27.9 Å². The van der Waals surface area contributed by atoms with Gasteiger partial charge in [0.2, 0.25) is 0 Å². The van der Waals surface area contributed by atoms with Gasteiger partial charge in [0, 0.05) is 33.8 Å². The molecular weight excluding hydrogens is 389 g/mol. The van der Waals surface area contributed by atoms with Crippen LogP contribution in [0.15, 0.2) is 54.6 Å². The van der Waals surface area contributed by atoms with Crippen molar-refractivity contribution in [2.24, 2.45) is 0 Å². The second-order valence-electron chi connectivity index (χ2n) is 6.44. The minimum Gasteiger partial charge on any atom is -0.488 e. The summed E-state index contributed by atoms with van der Waals surface area (Å²) < 4.78 is 6.14. The number of halogens is 3. The monoisotopic (exact) mass is 407 g/mol. The van der Waals surface area contributed by atoms with Gasteiger partial charge in [-0.15, -0.1) is 12.4 Å². The maximum Gasteiger partial charge on any atom is 0.124 e. The quantitative estimate of drug-likeness (QED) is 0.509. The zero-order chi connectivity index (χ0) is 17.2. The highest BCUT2D eigenvalue weighted by atomic mass is 35.5. The van der Waals surface area contributed by atoms with Crippen LogP contribution in [0.3, 0.4) is 0 Å². The van der Waals surface area contributed by atoms with Gasteiger partial charge in [0.15, 0.2) is 0 Å². The summed E-state index contributed by atoms with van der Waals surface area (Å²) in [7, 11) is 0. The van der Waals surface area contributed by atoms with Gasteiger partial charge in [-0.2, -0.15) is 0 Å². The highest BCUT2D eigenvalue weighted by molar-refractivity contribution is 6.35. The second-order valence-corrected chi connectivity index (χ2v) is 7.29. The topological polar surface area (TPSA) is 21.3 Å². The average Bonchev–Trinajstić information content (AvgIpc) is 3.44. The molecule has 1 fully saturated rings. The fourth-order valence-electron chi connectivity index (χ4n) is 2.96. The van der Waals surface area contributed by atoms with Crippen molar-refractivity contribution < 1.29 is 4.74 Å². The molecule has 0 amide bonds. The Labute approximate surface area is 169 Å². The number of nitrogens with one attached hydrogen (secondary N) is 1. The molecule has 1 aliphatic rings. The Hall–Kier alpha value is -1.45. The lowest BCUT2D eigenvalue weighted by Crippen LogP contribution is -2.16. The fraction of sp³-hybridized carbons (Fsp3) is 0.238. The van der Waals surface area contributed by atoms with E-state index in [1.807, 2.05) is 12.1 Å². The Kier molecular flexibility index (Phi) is 6.31. The fourth-order valence-corrected chi connectivity index (χ4v) is 3.42. The number of ether oxygens (including phenoxy) is 1. The van der Waals surface area contributed by atoms with Gasteiger partial charge < -0.3 is 10.1 Å². The van der Waals surface area contributed by atoms with E-state index in [9.17, 15) is 0 Å².